The summed E-state index contributed by atoms with van der Waals surface area (Å²) in [6.07, 6.45) is 4.19. The number of carbonyl (C=O) groups is 2. The van der Waals surface area contributed by atoms with E-state index in [2.05, 4.69) is 19.1 Å². The fourth-order valence-electron chi connectivity index (χ4n) is 3.63. The number of carbonyl (C=O) groups excluding carboxylic acids is 2. The molecule has 6 heteroatoms. The maximum atomic E-state index is 12.7. The molecule has 0 aliphatic carbocycles. The Kier molecular flexibility index (Phi) is 6.85. The van der Waals surface area contributed by atoms with Crippen LogP contribution in [0.2, 0.25) is 0 Å². The quantitative estimate of drug-likeness (QED) is 0.890. The highest BCUT2D eigenvalue weighted by molar-refractivity contribution is 6.00. The number of nitrogens with two attached hydrogens (primary N) is 1. The van der Waals surface area contributed by atoms with Crippen molar-refractivity contribution < 1.29 is 9.59 Å². The van der Waals surface area contributed by atoms with Gasteiger partial charge >= 0.3 is 0 Å². The van der Waals surface area contributed by atoms with Gasteiger partial charge in [-0.25, -0.2) is 0 Å². The van der Waals surface area contributed by atoms with E-state index in [9.17, 15) is 9.59 Å². The van der Waals surface area contributed by atoms with Crippen molar-refractivity contribution in [2.24, 2.45) is 11.7 Å². The zero-order valence-electron chi connectivity index (χ0n) is 14.8. The molecule has 1 aromatic carbocycles. The molecule has 0 radical (unpaired) electrons. The molecule has 0 saturated carbocycles. The second kappa shape index (κ2) is 8.68. The first-order valence-electron chi connectivity index (χ1n) is 9.02. The van der Waals surface area contributed by atoms with E-state index in [0.29, 0.717) is 13.0 Å². The molecule has 25 heavy (non-hydrogen) atoms. The molecule has 1 atom stereocenters. The molecule has 2 aliphatic rings. The summed E-state index contributed by atoms with van der Waals surface area (Å²) in [5.41, 5.74) is 8.09. The lowest BCUT2D eigenvalue weighted by molar-refractivity contribution is -0.136. The average molecular weight is 366 g/mol. The Hall–Kier alpha value is -1.59. The molecular formula is C19H28ClN3O2. The van der Waals surface area contributed by atoms with Crippen LogP contribution in [0.15, 0.2) is 24.3 Å². The number of hydrogen-bond donors (Lipinski definition) is 1. The van der Waals surface area contributed by atoms with Crippen molar-refractivity contribution >= 4 is 29.9 Å². The van der Waals surface area contributed by atoms with E-state index in [4.69, 9.17) is 5.73 Å². The van der Waals surface area contributed by atoms with Crippen LogP contribution in [0.5, 0.6) is 0 Å². The summed E-state index contributed by atoms with van der Waals surface area (Å²) >= 11 is 0. The number of benzene rings is 1. The number of nitrogens with zero attached hydrogens (tertiary/aromatic N) is 2. The van der Waals surface area contributed by atoms with Crippen molar-refractivity contribution in [3.63, 3.8) is 0 Å². The van der Waals surface area contributed by atoms with Gasteiger partial charge in [-0.1, -0.05) is 25.5 Å². The minimum absolute atomic E-state index is 0. The van der Waals surface area contributed by atoms with Crippen LogP contribution < -0.4 is 10.6 Å². The average Bonchev–Trinajstić information content (AvgIpc) is 2.98. The highest BCUT2D eigenvalue weighted by Crippen LogP contribution is 2.27. The zero-order valence-corrected chi connectivity index (χ0v) is 15.6. The number of rotatable bonds is 4. The van der Waals surface area contributed by atoms with Crippen molar-refractivity contribution in [1.82, 2.24) is 4.90 Å². The van der Waals surface area contributed by atoms with Crippen LogP contribution in [0.3, 0.4) is 0 Å². The molecule has 2 N–H and O–H groups in total. The predicted molar refractivity (Wildman–Crippen MR) is 102 cm³/mol. The minimum atomic E-state index is -0.220. The van der Waals surface area contributed by atoms with E-state index < -0.39 is 0 Å². The minimum Gasteiger partial charge on any atom is -0.342 e. The Labute approximate surface area is 155 Å². The molecule has 0 bridgehead atoms. The second-order valence-corrected chi connectivity index (χ2v) is 6.98. The summed E-state index contributed by atoms with van der Waals surface area (Å²) < 4.78 is 0. The van der Waals surface area contributed by atoms with E-state index in [1.165, 1.54) is 5.56 Å². The first-order chi connectivity index (χ1) is 11.6. The van der Waals surface area contributed by atoms with Crippen molar-refractivity contribution in [1.29, 1.82) is 0 Å². The van der Waals surface area contributed by atoms with Crippen LogP contribution in [0.4, 0.5) is 5.69 Å². The molecule has 5 nitrogen and oxygen atoms in total. The van der Waals surface area contributed by atoms with Crippen LogP contribution >= 0.6 is 12.4 Å². The molecule has 3 rings (SSSR count). The van der Waals surface area contributed by atoms with Crippen LogP contribution in [-0.2, 0) is 16.0 Å². The molecule has 1 aromatic rings. The number of amides is 2. The van der Waals surface area contributed by atoms with Crippen molar-refractivity contribution in [2.45, 2.75) is 45.1 Å². The maximum Gasteiger partial charge on any atom is 0.228 e. The van der Waals surface area contributed by atoms with Gasteiger partial charge < -0.3 is 15.5 Å². The Morgan fingerprint density at radius 3 is 2.44 bits per heavy atom. The summed E-state index contributed by atoms with van der Waals surface area (Å²) in [6, 6.07) is 8.35. The lowest BCUT2D eigenvalue weighted by atomic mass is 10.0. The third kappa shape index (κ3) is 4.53. The Morgan fingerprint density at radius 1 is 1.20 bits per heavy atom. The lowest BCUT2D eigenvalue weighted by Crippen LogP contribution is -2.45. The first-order valence-corrected chi connectivity index (χ1v) is 9.02. The maximum absolute atomic E-state index is 12.7. The van der Waals surface area contributed by atoms with Crippen LogP contribution in [0, 0.1) is 5.92 Å². The van der Waals surface area contributed by atoms with Gasteiger partial charge in [0.05, 0.1) is 5.92 Å². The lowest BCUT2D eigenvalue weighted by Gasteiger charge is -2.31. The molecule has 2 heterocycles. The number of likely N-dealkylation sites (tertiary alicyclic amines) is 1. The zero-order chi connectivity index (χ0) is 17.1. The molecule has 1 unspecified atom stereocenters. The van der Waals surface area contributed by atoms with E-state index in [1.54, 1.807) is 4.90 Å². The Morgan fingerprint density at radius 2 is 1.84 bits per heavy atom. The summed E-state index contributed by atoms with van der Waals surface area (Å²) in [5.74, 6) is -0.0622. The third-order valence-corrected chi connectivity index (χ3v) is 5.11. The first kappa shape index (κ1) is 19.7. The SMILES string of the molecule is CCCc1ccc(N2CC(C(=O)N3CCC(N)CC3)CC2=O)cc1.Cl. The molecule has 0 spiro atoms. The summed E-state index contributed by atoms with van der Waals surface area (Å²) in [5, 5.41) is 0. The van der Waals surface area contributed by atoms with Gasteiger partial charge in [0.1, 0.15) is 0 Å². The van der Waals surface area contributed by atoms with E-state index in [0.717, 1.165) is 44.5 Å². The van der Waals surface area contributed by atoms with Crippen LogP contribution in [0.25, 0.3) is 0 Å². The van der Waals surface area contributed by atoms with E-state index in [-0.39, 0.29) is 36.2 Å². The van der Waals surface area contributed by atoms with E-state index in [1.807, 2.05) is 17.0 Å². The predicted octanol–water partition coefficient (Wildman–Crippen LogP) is 2.36. The molecule has 2 fully saturated rings. The van der Waals surface area contributed by atoms with Crippen LogP contribution in [0.1, 0.15) is 38.2 Å². The molecule has 2 amide bonds. The number of aryl methyl sites for hydroxylation is 1. The molecule has 2 saturated heterocycles. The highest BCUT2D eigenvalue weighted by atomic mass is 35.5. The standard InChI is InChI=1S/C19H27N3O2.ClH/c1-2-3-14-4-6-17(7-5-14)22-13-15(12-18(22)23)19(24)21-10-8-16(20)9-11-21;/h4-7,15-16H,2-3,8-13,20H2,1H3;1H. The second-order valence-electron chi connectivity index (χ2n) is 6.98. The van der Waals surface area contributed by atoms with Gasteiger partial charge in [-0.05, 0) is 37.0 Å². The number of anilines is 1. The fourth-order valence-corrected chi connectivity index (χ4v) is 3.63. The Balaban J connectivity index is 0.00000225. The van der Waals surface area contributed by atoms with Gasteiger partial charge in [-0.15, -0.1) is 12.4 Å². The van der Waals surface area contributed by atoms with Gasteiger partial charge in [0.25, 0.3) is 0 Å². The monoisotopic (exact) mass is 365 g/mol. The van der Waals surface area contributed by atoms with Gasteiger partial charge in [0.15, 0.2) is 0 Å². The molecular weight excluding hydrogens is 338 g/mol. The van der Waals surface area contributed by atoms with Gasteiger partial charge in [0.2, 0.25) is 11.8 Å². The molecule has 2 aliphatic heterocycles. The normalized spacial score (nSPS) is 21.4. The van der Waals surface area contributed by atoms with Gasteiger partial charge in [0, 0.05) is 37.8 Å². The Bertz CT molecular complexity index is 597. The van der Waals surface area contributed by atoms with Crippen molar-refractivity contribution in [3.8, 4) is 0 Å². The number of piperidine rings is 1. The van der Waals surface area contributed by atoms with Gasteiger partial charge in [-0.2, -0.15) is 0 Å². The van der Waals surface area contributed by atoms with E-state index >= 15 is 0 Å². The van der Waals surface area contributed by atoms with Gasteiger partial charge in [-0.3, -0.25) is 9.59 Å². The fraction of sp³-hybridized carbons (Fsp3) is 0.579. The summed E-state index contributed by atoms with van der Waals surface area (Å²) in [4.78, 5) is 28.7. The van der Waals surface area contributed by atoms with Crippen LogP contribution in [-0.4, -0.2) is 42.4 Å². The number of hydrogen-bond acceptors (Lipinski definition) is 3. The van der Waals surface area contributed by atoms with Crippen molar-refractivity contribution in [3.05, 3.63) is 29.8 Å². The smallest absolute Gasteiger partial charge is 0.228 e. The third-order valence-electron chi connectivity index (χ3n) is 5.11. The van der Waals surface area contributed by atoms with Crippen molar-refractivity contribution in [2.75, 3.05) is 24.5 Å². The largest absolute Gasteiger partial charge is 0.342 e. The highest BCUT2D eigenvalue weighted by Gasteiger charge is 2.37. The molecule has 138 valence electrons. The summed E-state index contributed by atoms with van der Waals surface area (Å²) in [6.45, 7) is 4.09. The molecule has 0 aromatic heterocycles. The summed E-state index contributed by atoms with van der Waals surface area (Å²) in [7, 11) is 0. The number of halogens is 1. The topological polar surface area (TPSA) is 66.6 Å².